The van der Waals surface area contributed by atoms with Crippen molar-refractivity contribution in [2.75, 3.05) is 19.7 Å². The molecule has 3 rings (SSSR count). The van der Waals surface area contributed by atoms with Gasteiger partial charge >= 0.3 is 6.61 Å². The quantitative estimate of drug-likeness (QED) is 0.727. The van der Waals surface area contributed by atoms with E-state index in [0.29, 0.717) is 24.8 Å². The number of carbonyl (C=O) groups is 1. The Hall–Kier alpha value is -1.85. The minimum absolute atomic E-state index is 0.0737. The van der Waals surface area contributed by atoms with Crippen molar-refractivity contribution in [2.24, 2.45) is 5.92 Å². The van der Waals surface area contributed by atoms with Gasteiger partial charge in [0.15, 0.2) is 11.5 Å². The molecular formula is C16H19F2NO3. The second-order valence-corrected chi connectivity index (χ2v) is 5.93. The van der Waals surface area contributed by atoms with Crippen molar-refractivity contribution in [3.63, 3.8) is 0 Å². The summed E-state index contributed by atoms with van der Waals surface area (Å²) in [6.45, 7) is -0.956. The lowest BCUT2D eigenvalue weighted by atomic mass is 9.98. The molecule has 1 saturated heterocycles. The number of amides is 1. The molecule has 22 heavy (non-hydrogen) atoms. The van der Waals surface area contributed by atoms with Gasteiger partial charge in [0.2, 0.25) is 6.41 Å². The van der Waals surface area contributed by atoms with E-state index in [1.165, 1.54) is 6.07 Å². The molecular weight excluding hydrogens is 292 g/mol. The first-order valence-electron chi connectivity index (χ1n) is 7.56. The number of hydrogen-bond donors (Lipinski definition) is 0. The number of alkyl halides is 2. The Balaban J connectivity index is 1.75. The summed E-state index contributed by atoms with van der Waals surface area (Å²) in [7, 11) is 0. The van der Waals surface area contributed by atoms with E-state index in [-0.39, 0.29) is 11.7 Å². The van der Waals surface area contributed by atoms with Gasteiger partial charge in [0.25, 0.3) is 0 Å². The Morgan fingerprint density at radius 2 is 2.09 bits per heavy atom. The number of rotatable bonds is 7. The normalized spacial score (nSPS) is 21.2. The maximum absolute atomic E-state index is 12.5. The average Bonchev–Trinajstić information content (AvgIpc) is 3.20. The summed E-state index contributed by atoms with van der Waals surface area (Å²) in [6.07, 6.45) is 3.97. The van der Waals surface area contributed by atoms with Gasteiger partial charge in [0, 0.05) is 19.0 Å². The number of benzene rings is 1. The van der Waals surface area contributed by atoms with Crippen LogP contribution >= 0.6 is 0 Å². The van der Waals surface area contributed by atoms with Gasteiger partial charge in [-0.2, -0.15) is 8.78 Å². The van der Waals surface area contributed by atoms with Crippen LogP contribution in [-0.4, -0.2) is 37.6 Å². The number of carbonyl (C=O) groups excluding carboxylic acids is 1. The molecule has 1 saturated carbocycles. The molecule has 1 unspecified atom stereocenters. The standard InChI is InChI=1S/C16H19F2NO3/c17-16(18)22-14-4-3-12(13-5-6-19(8-13)10-20)7-15(14)21-9-11-1-2-11/h3-4,7,10-11,13,16H,1-2,5-6,8-9H2. The molecule has 2 fully saturated rings. The Morgan fingerprint density at radius 1 is 1.27 bits per heavy atom. The van der Waals surface area contributed by atoms with Crippen LogP contribution in [-0.2, 0) is 4.79 Å². The van der Waals surface area contributed by atoms with Crippen LogP contribution in [0, 0.1) is 5.92 Å². The Morgan fingerprint density at radius 3 is 2.73 bits per heavy atom. The second-order valence-electron chi connectivity index (χ2n) is 5.93. The van der Waals surface area contributed by atoms with Crippen LogP contribution in [0.25, 0.3) is 0 Å². The lowest BCUT2D eigenvalue weighted by molar-refractivity contribution is -0.117. The summed E-state index contributed by atoms with van der Waals surface area (Å²) in [6, 6.07) is 5.09. The molecule has 6 heteroatoms. The SMILES string of the molecule is O=CN1CCC(c2ccc(OC(F)F)c(OCC3CC3)c2)C1. The van der Waals surface area contributed by atoms with Crippen molar-refractivity contribution in [1.29, 1.82) is 0 Å². The molecule has 0 bridgehead atoms. The van der Waals surface area contributed by atoms with E-state index < -0.39 is 6.61 Å². The summed E-state index contributed by atoms with van der Waals surface area (Å²) in [4.78, 5) is 12.5. The van der Waals surface area contributed by atoms with Gasteiger partial charge < -0.3 is 14.4 Å². The molecule has 0 radical (unpaired) electrons. The van der Waals surface area contributed by atoms with Crippen molar-refractivity contribution in [3.8, 4) is 11.5 Å². The van der Waals surface area contributed by atoms with Crippen molar-refractivity contribution < 1.29 is 23.0 Å². The number of ether oxygens (including phenoxy) is 2. The Bertz CT molecular complexity index is 534. The number of likely N-dealkylation sites (tertiary alicyclic amines) is 1. The molecule has 1 aromatic rings. The zero-order valence-electron chi connectivity index (χ0n) is 12.2. The maximum atomic E-state index is 12.5. The lowest BCUT2D eigenvalue weighted by Crippen LogP contribution is -2.17. The van der Waals surface area contributed by atoms with E-state index >= 15 is 0 Å². The third-order valence-corrected chi connectivity index (χ3v) is 4.20. The highest BCUT2D eigenvalue weighted by Crippen LogP contribution is 2.37. The van der Waals surface area contributed by atoms with Gasteiger partial charge in [-0.15, -0.1) is 0 Å². The number of nitrogens with zero attached hydrogens (tertiary/aromatic N) is 1. The Labute approximate surface area is 128 Å². The first-order chi connectivity index (χ1) is 10.7. The largest absolute Gasteiger partial charge is 0.489 e. The first-order valence-corrected chi connectivity index (χ1v) is 7.56. The van der Waals surface area contributed by atoms with Crippen LogP contribution < -0.4 is 9.47 Å². The van der Waals surface area contributed by atoms with E-state index in [9.17, 15) is 13.6 Å². The van der Waals surface area contributed by atoms with Gasteiger partial charge in [0.1, 0.15) is 0 Å². The van der Waals surface area contributed by atoms with Crippen LogP contribution in [0.2, 0.25) is 0 Å². The zero-order chi connectivity index (χ0) is 15.5. The predicted molar refractivity (Wildman–Crippen MR) is 76.3 cm³/mol. The van der Waals surface area contributed by atoms with Crippen LogP contribution in [0.1, 0.15) is 30.7 Å². The van der Waals surface area contributed by atoms with E-state index in [1.807, 2.05) is 0 Å². The second kappa shape index (κ2) is 6.50. The summed E-state index contributed by atoms with van der Waals surface area (Å²) in [5.74, 6) is 1.19. The fourth-order valence-corrected chi connectivity index (χ4v) is 2.73. The molecule has 1 aromatic carbocycles. The van der Waals surface area contributed by atoms with Crippen LogP contribution in [0.4, 0.5) is 8.78 Å². The third kappa shape index (κ3) is 3.67. The van der Waals surface area contributed by atoms with Gasteiger partial charge in [0.05, 0.1) is 6.61 Å². The highest BCUT2D eigenvalue weighted by atomic mass is 19.3. The highest BCUT2D eigenvalue weighted by molar-refractivity contribution is 5.49. The summed E-state index contributed by atoms with van der Waals surface area (Å²) >= 11 is 0. The molecule has 4 nitrogen and oxygen atoms in total. The summed E-state index contributed by atoms with van der Waals surface area (Å²) < 4.78 is 35.2. The van der Waals surface area contributed by atoms with Crippen LogP contribution in [0.15, 0.2) is 18.2 Å². The van der Waals surface area contributed by atoms with Gasteiger partial charge in [-0.05, 0) is 42.9 Å². The topological polar surface area (TPSA) is 38.8 Å². The van der Waals surface area contributed by atoms with E-state index in [1.54, 1.807) is 17.0 Å². The summed E-state index contributed by atoms with van der Waals surface area (Å²) in [5.41, 5.74) is 0.997. The van der Waals surface area contributed by atoms with Crippen LogP contribution in [0.5, 0.6) is 11.5 Å². The smallest absolute Gasteiger partial charge is 0.387 e. The number of halogens is 2. The molecule has 1 atom stereocenters. The monoisotopic (exact) mass is 311 g/mol. The summed E-state index contributed by atoms with van der Waals surface area (Å²) in [5, 5.41) is 0. The number of hydrogen-bond acceptors (Lipinski definition) is 3. The van der Waals surface area contributed by atoms with Gasteiger partial charge in [-0.3, -0.25) is 4.79 Å². The molecule has 0 N–H and O–H groups in total. The van der Waals surface area contributed by atoms with Gasteiger partial charge in [-0.25, -0.2) is 0 Å². The molecule has 1 heterocycles. The molecule has 1 aliphatic heterocycles. The van der Waals surface area contributed by atoms with Crippen molar-refractivity contribution in [2.45, 2.75) is 31.8 Å². The third-order valence-electron chi connectivity index (χ3n) is 4.20. The Kier molecular flexibility index (Phi) is 4.45. The predicted octanol–water partition coefficient (Wildman–Crippen LogP) is 3.02. The minimum atomic E-state index is -2.87. The lowest BCUT2D eigenvalue weighted by Gasteiger charge is -2.16. The molecule has 0 aromatic heterocycles. The first kappa shape index (κ1) is 15.1. The van der Waals surface area contributed by atoms with Gasteiger partial charge in [-0.1, -0.05) is 6.07 Å². The van der Waals surface area contributed by atoms with Crippen molar-refractivity contribution in [3.05, 3.63) is 23.8 Å². The van der Waals surface area contributed by atoms with Crippen LogP contribution in [0.3, 0.4) is 0 Å². The fraction of sp³-hybridized carbons (Fsp3) is 0.562. The van der Waals surface area contributed by atoms with Crippen molar-refractivity contribution >= 4 is 6.41 Å². The zero-order valence-corrected chi connectivity index (χ0v) is 12.2. The van der Waals surface area contributed by atoms with E-state index in [0.717, 1.165) is 37.8 Å². The minimum Gasteiger partial charge on any atom is -0.489 e. The molecule has 1 aliphatic carbocycles. The molecule has 2 aliphatic rings. The highest BCUT2D eigenvalue weighted by Gasteiger charge is 2.26. The molecule has 0 spiro atoms. The molecule has 1 amide bonds. The van der Waals surface area contributed by atoms with E-state index in [4.69, 9.17) is 4.74 Å². The van der Waals surface area contributed by atoms with Crippen molar-refractivity contribution in [1.82, 2.24) is 4.90 Å². The average molecular weight is 311 g/mol. The van der Waals surface area contributed by atoms with E-state index in [2.05, 4.69) is 4.74 Å². The fourth-order valence-electron chi connectivity index (χ4n) is 2.73. The maximum Gasteiger partial charge on any atom is 0.387 e. The molecule has 120 valence electrons.